The van der Waals surface area contributed by atoms with Gasteiger partial charge in [0.15, 0.2) is 0 Å². The number of thiophene rings is 1. The minimum Gasteiger partial charge on any atom is -0.481 e. The number of carboxylic acids is 1. The number of nitrogens with zero attached hydrogens (tertiary/aromatic N) is 1. The number of rotatable bonds is 4. The fourth-order valence-corrected chi connectivity index (χ4v) is 3.94. The SMILES string of the molecule is CN(Cc1cc(Br)cs1)C(=O)NC1CCCC1C(=O)O. The highest BCUT2D eigenvalue weighted by Gasteiger charge is 2.34. The summed E-state index contributed by atoms with van der Waals surface area (Å²) >= 11 is 4.96. The first-order valence-corrected chi connectivity index (χ1v) is 8.12. The lowest BCUT2D eigenvalue weighted by Crippen LogP contribution is -2.45. The van der Waals surface area contributed by atoms with Gasteiger partial charge in [-0.1, -0.05) is 6.42 Å². The highest BCUT2D eigenvalue weighted by Crippen LogP contribution is 2.26. The van der Waals surface area contributed by atoms with Crippen LogP contribution in [0.25, 0.3) is 0 Å². The number of nitrogens with one attached hydrogen (secondary N) is 1. The largest absolute Gasteiger partial charge is 0.481 e. The minimum atomic E-state index is -0.822. The van der Waals surface area contributed by atoms with Crippen molar-refractivity contribution >= 4 is 39.3 Å². The minimum absolute atomic E-state index is 0.215. The molecule has 0 saturated heterocycles. The second kappa shape index (κ2) is 6.58. The van der Waals surface area contributed by atoms with Gasteiger partial charge in [0.05, 0.1) is 12.5 Å². The monoisotopic (exact) mass is 360 g/mol. The van der Waals surface area contributed by atoms with Crippen molar-refractivity contribution in [3.8, 4) is 0 Å². The average molecular weight is 361 g/mol. The molecule has 1 aromatic heterocycles. The number of hydrogen-bond donors (Lipinski definition) is 2. The van der Waals surface area contributed by atoms with Crippen molar-refractivity contribution in [3.63, 3.8) is 0 Å². The van der Waals surface area contributed by atoms with Crippen LogP contribution in [0.3, 0.4) is 0 Å². The van der Waals surface area contributed by atoms with Crippen molar-refractivity contribution in [1.82, 2.24) is 10.2 Å². The lowest BCUT2D eigenvalue weighted by molar-refractivity contribution is -0.142. The van der Waals surface area contributed by atoms with E-state index in [1.165, 1.54) is 0 Å². The van der Waals surface area contributed by atoms with E-state index in [2.05, 4.69) is 21.2 Å². The van der Waals surface area contributed by atoms with E-state index in [1.54, 1.807) is 23.3 Å². The molecule has 2 N–H and O–H groups in total. The number of urea groups is 1. The number of aliphatic carboxylic acids is 1. The lowest BCUT2D eigenvalue weighted by atomic mass is 10.0. The van der Waals surface area contributed by atoms with Crippen LogP contribution in [0.4, 0.5) is 4.79 Å². The Morgan fingerprint density at radius 1 is 1.55 bits per heavy atom. The molecule has 0 spiro atoms. The van der Waals surface area contributed by atoms with Gasteiger partial charge in [-0.3, -0.25) is 4.79 Å². The van der Waals surface area contributed by atoms with E-state index in [9.17, 15) is 9.59 Å². The molecule has 0 aromatic carbocycles. The predicted octanol–water partition coefficient (Wildman–Crippen LogP) is 2.91. The van der Waals surface area contributed by atoms with E-state index < -0.39 is 11.9 Å². The molecule has 7 heteroatoms. The zero-order chi connectivity index (χ0) is 14.7. The molecule has 2 rings (SSSR count). The van der Waals surface area contributed by atoms with Crippen molar-refractivity contribution < 1.29 is 14.7 Å². The van der Waals surface area contributed by atoms with Crippen molar-refractivity contribution in [2.24, 2.45) is 5.92 Å². The van der Waals surface area contributed by atoms with Crippen LogP contribution in [-0.2, 0) is 11.3 Å². The highest BCUT2D eigenvalue weighted by molar-refractivity contribution is 9.10. The van der Waals surface area contributed by atoms with Crippen molar-refractivity contribution in [3.05, 3.63) is 20.8 Å². The van der Waals surface area contributed by atoms with Gasteiger partial charge < -0.3 is 15.3 Å². The van der Waals surface area contributed by atoms with Crippen LogP contribution in [0, 0.1) is 5.92 Å². The molecule has 1 saturated carbocycles. The summed E-state index contributed by atoms with van der Waals surface area (Å²) in [5.74, 6) is -1.28. The normalized spacial score (nSPS) is 21.7. The molecule has 1 aliphatic carbocycles. The summed E-state index contributed by atoms with van der Waals surface area (Å²) in [6.07, 6.45) is 2.23. The van der Waals surface area contributed by atoms with Crippen molar-refractivity contribution in [2.45, 2.75) is 31.8 Å². The molecular formula is C13H17BrN2O3S. The molecule has 1 fully saturated rings. The smallest absolute Gasteiger partial charge is 0.317 e. The first-order chi connectivity index (χ1) is 9.47. The van der Waals surface area contributed by atoms with Gasteiger partial charge in [-0.25, -0.2) is 4.79 Å². The standard InChI is InChI=1S/C13H17BrN2O3S/c1-16(6-9-5-8(14)7-20-9)13(19)15-11-4-2-3-10(11)12(17)18/h5,7,10-11H,2-4,6H2,1H3,(H,15,19)(H,17,18). The fraction of sp³-hybridized carbons (Fsp3) is 0.538. The third-order valence-electron chi connectivity index (χ3n) is 3.50. The highest BCUT2D eigenvalue weighted by atomic mass is 79.9. The summed E-state index contributed by atoms with van der Waals surface area (Å²) in [4.78, 5) is 25.8. The Bertz CT molecular complexity index is 506. The Kier molecular flexibility index (Phi) is 5.04. The fourth-order valence-electron chi connectivity index (χ4n) is 2.44. The Morgan fingerprint density at radius 3 is 2.90 bits per heavy atom. The van der Waals surface area contributed by atoms with E-state index in [4.69, 9.17) is 5.11 Å². The summed E-state index contributed by atoms with van der Waals surface area (Å²) in [5.41, 5.74) is 0. The maximum absolute atomic E-state index is 12.1. The molecular weight excluding hydrogens is 344 g/mol. The first kappa shape index (κ1) is 15.3. The van der Waals surface area contributed by atoms with E-state index in [0.29, 0.717) is 13.0 Å². The van der Waals surface area contributed by atoms with Gasteiger partial charge in [-0.05, 0) is 34.8 Å². The molecule has 5 nitrogen and oxygen atoms in total. The van der Waals surface area contributed by atoms with Crippen LogP contribution in [-0.4, -0.2) is 35.1 Å². The summed E-state index contributed by atoms with van der Waals surface area (Å²) in [5, 5.41) is 13.9. The maximum Gasteiger partial charge on any atom is 0.317 e. The summed E-state index contributed by atoms with van der Waals surface area (Å²) in [6.45, 7) is 0.520. The van der Waals surface area contributed by atoms with E-state index >= 15 is 0 Å². The average Bonchev–Trinajstić information content (AvgIpc) is 2.98. The number of halogens is 1. The lowest BCUT2D eigenvalue weighted by Gasteiger charge is -2.22. The molecule has 1 aromatic rings. The number of carbonyl (C=O) groups excluding carboxylic acids is 1. The van der Waals surface area contributed by atoms with Gasteiger partial charge in [0.1, 0.15) is 0 Å². The van der Waals surface area contributed by atoms with Crippen molar-refractivity contribution in [1.29, 1.82) is 0 Å². The molecule has 20 heavy (non-hydrogen) atoms. The quantitative estimate of drug-likeness (QED) is 0.867. The summed E-state index contributed by atoms with van der Waals surface area (Å²) in [6, 6.07) is 1.51. The van der Waals surface area contributed by atoms with E-state index in [1.807, 2.05) is 11.4 Å². The third kappa shape index (κ3) is 3.73. The maximum atomic E-state index is 12.1. The molecule has 1 heterocycles. The van der Waals surface area contributed by atoms with Crippen LogP contribution in [0.15, 0.2) is 15.9 Å². The van der Waals surface area contributed by atoms with Crippen LogP contribution in [0.5, 0.6) is 0 Å². The Morgan fingerprint density at radius 2 is 2.30 bits per heavy atom. The van der Waals surface area contributed by atoms with Crippen LogP contribution in [0.2, 0.25) is 0 Å². The summed E-state index contributed by atoms with van der Waals surface area (Å²) in [7, 11) is 1.72. The van der Waals surface area contributed by atoms with Gasteiger partial charge in [0, 0.05) is 27.8 Å². The zero-order valence-corrected chi connectivity index (χ0v) is 13.5. The number of hydrogen-bond acceptors (Lipinski definition) is 3. The van der Waals surface area contributed by atoms with Crippen LogP contribution < -0.4 is 5.32 Å². The Hall–Kier alpha value is -1.08. The molecule has 2 atom stereocenters. The van der Waals surface area contributed by atoms with Gasteiger partial charge in [-0.2, -0.15) is 0 Å². The molecule has 2 amide bonds. The number of amides is 2. The molecule has 0 bridgehead atoms. The van der Waals surface area contributed by atoms with Crippen molar-refractivity contribution in [2.75, 3.05) is 7.05 Å². The molecule has 0 aliphatic heterocycles. The molecule has 2 unspecified atom stereocenters. The van der Waals surface area contributed by atoms with Crippen LogP contribution in [0.1, 0.15) is 24.1 Å². The van der Waals surface area contributed by atoms with Crippen LogP contribution >= 0.6 is 27.3 Å². The second-order valence-electron chi connectivity index (χ2n) is 5.02. The van der Waals surface area contributed by atoms with Gasteiger partial charge in [0.2, 0.25) is 0 Å². The molecule has 0 radical (unpaired) electrons. The Balaban J connectivity index is 1.89. The number of carboxylic acid groups (broad SMARTS) is 1. The summed E-state index contributed by atoms with van der Waals surface area (Å²) < 4.78 is 1.01. The Labute approximate surface area is 130 Å². The van der Waals surface area contributed by atoms with E-state index in [-0.39, 0.29) is 12.1 Å². The third-order valence-corrected chi connectivity index (χ3v) is 5.19. The second-order valence-corrected chi connectivity index (χ2v) is 6.93. The predicted molar refractivity (Wildman–Crippen MR) is 80.8 cm³/mol. The first-order valence-electron chi connectivity index (χ1n) is 6.44. The molecule has 1 aliphatic rings. The zero-order valence-electron chi connectivity index (χ0n) is 11.1. The topological polar surface area (TPSA) is 69.6 Å². The van der Waals surface area contributed by atoms with Gasteiger partial charge in [0.25, 0.3) is 0 Å². The van der Waals surface area contributed by atoms with Gasteiger partial charge >= 0.3 is 12.0 Å². The number of carbonyl (C=O) groups is 2. The van der Waals surface area contributed by atoms with E-state index in [0.717, 1.165) is 22.2 Å². The molecule has 110 valence electrons. The van der Waals surface area contributed by atoms with Gasteiger partial charge in [-0.15, -0.1) is 11.3 Å².